The number of aliphatic hydroxyl groups excluding tert-OH is 1. The van der Waals surface area contributed by atoms with Gasteiger partial charge in [0.05, 0.1) is 12.6 Å². The van der Waals surface area contributed by atoms with Crippen molar-refractivity contribution in [3.05, 3.63) is 35.5 Å². The fourth-order valence-electron chi connectivity index (χ4n) is 2.72. The van der Waals surface area contributed by atoms with Crippen molar-refractivity contribution < 1.29 is 9.90 Å². The van der Waals surface area contributed by atoms with Crippen LogP contribution in [0.1, 0.15) is 29.9 Å². The van der Waals surface area contributed by atoms with E-state index in [9.17, 15) is 4.79 Å². The standard InChI is InChI=1S/C16H22N2O2/c1-4-18(9-10-19)12(3)16(20)15-11(2)17-14-8-6-5-7-13(14)15/h5-8,12,17,19H,4,9-10H2,1-3H3. The lowest BCUT2D eigenvalue weighted by atomic mass is 10.0. The first-order valence-corrected chi connectivity index (χ1v) is 7.06. The van der Waals surface area contributed by atoms with Crippen LogP contribution in [-0.2, 0) is 0 Å². The van der Waals surface area contributed by atoms with Gasteiger partial charge in [0.1, 0.15) is 0 Å². The lowest BCUT2D eigenvalue weighted by Gasteiger charge is -2.25. The summed E-state index contributed by atoms with van der Waals surface area (Å²) in [5, 5.41) is 10.1. The Bertz CT molecular complexity index is 604. The van der Waals surface area contributed by atoms with E-state index in [1.165, 1.54) is 0 Å². The number of hydrogen-bond acceptors (Lipinski definition) is 3. The van der Waals surface area contributed by atoms with Crippen molar-refractivity contribution in [2.75, 3.05) is 19.7 Å². The summed E-state index contributed by atoms with van der Waals surface area (Å²) in [5.41, 5.74) is 2.67. The van der Waals surface area contributed by atoms with Gasteiger partial charge in [-0.25, -0.2) is 0 Å². The third kappa shape index (κ3) is 2.62. The average Bonchev–Trinajstić information content (AvgIpc) is 2.79. The Morgan fingerprint density at radius 2 is 2.10 bits per heavy atom. The normalized spacial score (nSPS) is 13.1. The van der Waals surface area contributed by atoms with Gasteiger partial charge >= 0.3 is 0 Å². The van der Waals surface area contributed by atoms with Crippen molar-refractivity contribution in [3.8, 4) is 0 Å². The number of ketones is 1. The summed E-state index contributed by atoms with van der Waals surface area (Å²) < 4.78 is 0. The highest BCUT2D eigenvalue weighted by Crippen LogP contribution is 2.24. The van der Waals surface area contributed by atoms with Crippen molar-refractivity contribution in [3.63, 3.8) is 0 Å². The number of aryl methyl sites for hydroxylation is 1. The van der Waals surface area contributed by atoms with E-state index in [2.05, 4.69) is 4.98 Å². The molecule has 0 fully saturated rings. The monoisotopic (exact) mass is 274 g/mol. The molecule has 2 N–H and O–H groups in total. The van der Waals surface area contributed by atoms with Gasteiger partial charge in [-0.15, -0.1) is 0 Å². The Kier molecular flexibility index (Phi) is 4.57. The van der Waals surface area contributed by atoms with Crippen LogP contribution in [-0.4, -0.2) is 46.5 Å². The van der Waals surface area contributed by atoms with Crippen molar-refractivity contribution in [2.45, 2.75) is 26.8 Å². The molecule has 4 heteroatoms. The number of H-pyrrole nitrogens is 1. The van der Waals surface area contributed by atoms with Crippen LogP contribution < -0.4 is 0 Å². The second-order valence-corrected chi connectivity index (χ2v) is 5.06. The number of likely N-dealkylation sites (N-methyl/N-ethyl adjacent to an activating group) is 1. The molecular weight excluding hydrogens is 252 g/mol. The zero-order valence-corrected chi connectivity index (χ0v) is 12.3. The maximum Gasteiger partial charge on any atom is 0.182 e. The zero-order chi connectivity index (χ0) is 14.7. The number of rotatable bonds is 6. The Morgan fingerprint density at radius 1 is 1.40 bits per heavy atom. The second kappa shape index (κ2) is 6.20. The van der Waals surface area contributed by atoms with Crippen LogP contribution in [0.25, 0.3) is 10.9 Å². The molecule has 0 aliphatic carbocycles. The van der Waals surface area contributed by atoms with Gasteiger partial charge < -0.3 is 10.1 Å². The lowest BCUT2D eigenvalue weighted by molar-refractivity contribution is 0.0818. The predicted molar refractivity (Wildman–Crippen MR) is 81.2 cm³/mol. The Hall–Kier alpha value is -1.65. The van der Waals surface area contributed by atoms with Crippen molar-refractivity contribution in [1.82, 2.24) is 9.88 Å². The molecule has 1 unspecified atom stereocenters. The maximum atomic E-state index is 12.8. The van der Waals surface area contributed by atoms with Gasteiger partial charge in [-0.2, -0.15) is 0 Å². The van der Waals surface area contributed by atoms with Crippen LogP contribution in [0.4, 0.5) is 0 Å². The quantitative estimate of drug-likeness (QED) is 0.795. The Balaban J connectivity index is 2.38. The number of aromatic nitrogens is 1. The smallest absolute Gasteiger partial charge is 0.182 e. The molecule has 2 aromatic rings. The summed E-state index contributed by atoms with van der Waals surface area (Å²) in [4.78, 5) is 18.0. The third-order valence-electron chi connectivity index (χ3n) is 3.86. The van der Waals surface area contributed by atoms with Crippen molar-refractivity contribution in [2.24, 2.45) is 0 Å². The molecule has 0 bridgehead atoms. The molecule has 1 heterocycles. The molecule has 1 aromatic carbocycles. The van der Waals surface area contributed by atoms with E-state index < -0.39 is 0 Å². The second-order valence-electron chi connectivity index (χ2n) is 5.06. The van der Waals surface area contributed by atoms with Gasteiger partial charge in [-0.1, -0.05) is 25.1 Å². The molecule has 0 spiro atoms. The number of carbonyl (C=O) groups is 1. The number of aliphatic hydroxyl groups is 1. The minimum atomic E-state index is -0.231. The van der Waals surface area contributed by atoms with Crippen LogP contribution >= 0.6 is 0 Å². The SMILES string of the molecule is CCN(CCO)C(C)C(=O)c1c(C)[nH]c2ccccc12. The topological polar surface area (TPSA) is 56.3 Å². The van der Waals surface area contributed by atoms with E-state index >= 15 is 0 Å². The molecule has 0 aliphatic heterocycles. The number of nitrogens with zero attached hydrogens (tertiary/aromatic N) is 1. The van der Waals surface area contributed by atoms with E-state index in [-0.39, 0.29) is 18.4 Å². The predicted octanol–water partition coefficient (Wildman–Crippen LogP) is 2.36. The highest BCUT2D eigenvalue weighted by molar-refractivity contribution is 6.11. The first kappa shape index (κ1) is 14.8. The zero-order valence-electron chi connectivity index (χ0n) is 12.3. The lowest BCUT2D eigenvalue weighted by Crippen LogP contribution is -2.40. The summed E-state index contributed by atoms with van der Waals surface area (Å²) >= 11 is 0. The average molecular weight is 274 g/mol. The summed E-state index contributed by atoms with van der Waals surface area (Å²) in [6, 6.07) is 7.63. The highest BCUT2D eigenvalue weighted by atomic mass is 16.3. The summed E-state index contributed by atoms with van der Waals surface area (Å²) in [6.45, 7) is 7.17. The van der Waals surface area contributed by atoms with Crippen LogP contribution in [0.5, 0.6) is 0 Å². The minimum Gasteiger partial charge on any atom is -0.395 e. The van der Waals surface area contributed by atoms with E-state index in [0.29, 0.717) is 6.54 Å². The van der Waals surface area contributed by atoms with E-state index in [1.807, 2.05) is 49.9 Å². The molecule has 20 heavy (non-hydrogen) atoms. The van der Waals surface area contributed by atoms with Gasteiger partial charge in [-0.3, -0.25) is 9.69 Å². The molecule has 1 atom stereocenters. The molecule has 108 valence electrons. The third-order valence-corrected chi connectivity index (χ3v) is 3.86. The number of benzene rings is 1. The number of hydrogen-bond donors (Lipinski definition) is 2. The molecule has 0 saturated carbocycles. The van der Waals surface area contributed by atoms with Gasteiger partial charge in [0.25, 0.3) is 0 Å². The molecule has 1 aromatic heterocycles. The number of carbonyl (C=O) groups excluding carboxylic acids is 1. The molecule has 0 amide bonds. The molecule has 0 aliphatic rings. The van der Waals surface area contributed by atoms with E-state index in [0.717, 1.165) is 28.7 Å². The van der Waals surface area contributed by atoms with Crippen LogP contribution in [0.2, 0.25) is 0 Å². The number of Topliss-reactive ketones (excluding diaryl/α,β-unsaturated/α-hetero) is 1. The van der Waals surface area contributed by atoms with E-state index in [4.69, 9.17) is 5.11 Å². The minimum absolute atomic E-state index is 0.0678. The molecule has 4 nitrogen and oxygen atoms in total. The maximum absolute atomic E-state index is 12.8. The summed E-state index contributed by atoms with van der Waals surface area (Å²) in [6.07, 6.45) is 0. The van der Waals surface area contributed by atoms with Crippen LogP contribution in [0, 0.1) is 6.92 Å². The first-order chi connectivity index (χ1) is 9.60. The van der Waals surface area contributed by atoms with Crippen molar-refractivity contribution in [1.29, 1.82) is 0 Å². The summed E-state index contributed by atoms with van der Waals surface area (Å²) in [7, 11) is 0. The van der Waals surface area contributed by atoms with Gasteiger partial charge in [0.2, 0.25) is 0 Å². The molecule has 0 radical (unpaired) electrons. The van der Waals surface area contributed by atoms with Crippen molar-refractivity contribution >= 4 is 16.7 Å². The summed E-state index contributed by atoms with van der Waals surface area (Å²) in [5.74, 6) is 0.107. The number of fused-ring (bicyclic) bond motifs is 1. The van der Waals surface area contributed by atoms with Crippen LogP contribution in [0.3, 0.4) is 0 Å². The fourth-order valence-corrected chi connectivity index (χ4v) is 2.72. The highest BCUT2D eigenvalue weighted by Gasteiger charge is 2.25. The Labute approximate surface area is 119 Å². The van der Waals surface area contributed by atoms with Gasteiger partial charge in [-0.05, 0) is 26.5 Å². The van der Waals surface area contributed by atoms with Gasteiger partial charge in [0.15, 0.2) is 5.78 Å². The van der Waals surface area contributed by atoms with Crippen LogP contribution in [0.15, 0.2) is 24.3 Å². The largest absolute Gasteiger partial charge is 0.395 e. The molecule has 0 saturated heterocycles. The van der Waals surface area contributed by atoms with E-state index in [1.54, 1.807) is 0 Å². The number of aromatic amines is 1. The fraction of sp³-hybridized carbons (Fsp3) is 0.438. The number of nitrogens with one attached hydrogen (secondary N) is 1. The number of para-hydroxylation sites is 1. The van der Waals surface area contributed by atoms with Gasteiger partial charge in [0, 0.05) is 28.7 Å². The Morgan fingerprint density at radius 3 is 2.75 bits per heavy atom. The molecule has 2 rings (SSSR count). The first-order valence-electron chi connectivity index (χ1n) is 7.06. The molecular formula is C16H22N2O2.